The molecule has 0 amide bonds. The highest BCUT2D eigenvalue weighted by atomic mass is 16.3. The van der Waals surface area contributed by atoms with E-state index < -0.39 is 0 Å². The van der Waals surface area contributed by atoms with Crippen LogP contribution in [-0.4, -0.2) is 34.7 Å². The van der Waals surface area contributed by atoms with Crippen molar-refractivity contribution >= 4 is 0 Å². The van der Waals surface area contributed by atoms with E-state index in [9.17, 15) is 5.11 Å². The summed E-state index contributed by atoms with van der Waals surface area (Å²) in [5.41, 5.74) is 7.56. The molecule has 3 N–H and O–H groups in total. The summed E-state index contributed by atoms with van der Waals surface area (Å²) in [7, 11) is 0. The van der Waals surface area contributed by atoms with Crippen molar-refractivity contribution in [2.45, 2.75) is 51.1 Å². The number of aromatic hydroxyl groups is 1. The molecule has 1 saturated heterocycles. The molecule has 0 radical (unpaired) electrons. The fourth-order valence-corrected chi connectivity index (χ4v) is 2.89. The smallest absolute Gasteiger partial charge is 0.115 e. The highest BCUT2D eigenvalue weighted by molar-refractivity contribution is 5.28. The Morgan fingerprint density at radius 2 is 1.95 bits per heavy atom. The summed E-state index contributed by atoms with van der Waals surface area (Å²) in [5.74, 6) is 0.320. The molecule has 1 aromatic rings. The first-order valence-electron chi connectivity index (χ1n) is 7.28. The maximum Gasteiger partial charge on any atom is 0.115 e. The van der Waals surface area contributed by atoms with E-state index in [0.29, 0.717) is 5.75 Å². The van der Waals surface area contributed by atoms with Crippen LogP contribution in [-0.2, 0) is 6.42 Å². The molecule has 1 aliphatic rings. The number of benzene rings is 1. The molecule has 1 atom stereocenters. The summed E-state index contributed by atoms with van der Waals surface area (Å²) < 4.78 is 0. The van der Waals surface area contributed by atoms with Crippen molar-refractivity contribution in [2.24, 2.45) is 5.73 Å². The molecule has 3 nitrogen and oxygen atoms in total. The SMILES string of the molecule is CC(C)(C(N)Cc1cccc(O)c1)N1CCCCC1. The predicted octanol–water partition coefficient (Wildman–Crippen LogP) is 2.53. The standard InChI is InChI=1S/C16H26N2O/c1-16(2,18-9-4-3-5-10-18)15(17)12-13-7-6-8-14(19)11-13/h6-8,11,15,19H,3-5,9-10,12,17H2,1-2H3. The molecule has 0 spiro atoms. The first-order valence-corrected chi connectivity index (χ1v) is 7.28. The second-order valence-electron chi connectivity index (χ2n) is 6.18. The monoisotopic (exact) mass is 262 g/mol. The minimum absolute atomic E-state index is 0.00583. The Balaban J connectivity index is 2.03. The fourth-order valence-electron chi connectivity index (χ4n) is 2.89. The molecule has 1 heterocycles. The molecule has 0 bridgehead atoms. The van der Waals surface area contributed by atoms with Crippen LogP contribution in [0.15, 0.2) is 24.3 Å². The lowest BCUT2D eigenvalue weighted by atomic mass is 9.87. The molecule has 0 aromatic heterocycles. The van der Waals surface area contributed by atoms with Gasteiger partial charge in [0, 0.05) is 11.6 Å². The Kier molecular flexibility index (Phi) is 4.48. The Morgan fingerprint density at radius 3 is 2.58 bits per heavy atom. The van der Waals surface area contributed by atoms with Gasteiger partial charge in [0.15, 0.2) is 0 Å². The summed E-state index contributed by atoms with van der Waals surface area (Å²) >= 11 is 0. The number of piperidine rings is 1. The van der Waals surface area contributed by atoms with Crippen molar-refractivity contribution in [3.63, 3.8) is 0 Å². The number of likely N-dealkylation sites (tertiary alicyclic amines) is 1. The molecule has 1 fully saturated rings. The molecule has 3 heteroatoms. The Bertz CT molecular complexity index is 411. The van der Waals surface area contributed by atoms with E-state index >= 15 is 0 Å². The summed E-state index contributed by atoms with van der Waals surface area (Å²) in [6.07, 6.45) is 4.71. The molecule has 0 saturated carbocycles. The first-order chi connectivity index (χ1) is 9.00. The molecular formula is C16H26N2O. The van der Waals surface area contributed by atoms with Crippen LogP contribution >= 0.6 is 0 Å². The van der Waals surface area contributed by atoms with E-state index in [0.717, 1.165) is 25.1 Å². The van der Waals surface area contributed by atoms with E-state index in [-0.39, 0.29) is 11.6 Å². The van der Waals surface area contributed by atoms with Crippen molar-refractivity contribution in [3.8, 4) is 5.75 Å². The number of nitrogens with two attached hydrogens (primary N) is 1. The average molecular weight is 262 g/mol. The van der Waals surface area contributed by atoms with Gasteiger partial charge in [-0.3, -0.25) is 4.90 Å². The zero-order chi connectivity index (χ0) is 13.9. The summed E-state index contributed by atoms with van der Waals surface area (Å²) in [6, 6.07) is 7.50. The van der Waals surface area contributed by atoms with E-state index in [1.54, 1.807) is 6.07 Å². The van der Waals surface area contributed by atoms with Gasteiger partial charge in [0.05, 0.1) is 0 Å². The average Bonchev–Trinajstić information content (AvgIpc) is 2.39. The first kappa shape index (κ1) is 14.4. The van der Waals surface area contributed by atoms with E-state index in [1.165, 1.54) is 19.3 Å². The third-order valence-corrected chi connectivity index (χ3v) is 4.44. The van der Waals surface area contributed by atoms with Crippen molar-refractivity contribution in [2.75, 3.05) is 13.1 Å². The molecule has 106 valence electrons. The van der Waals surface area contributed by atoms with Crippen LogP contribution in [0.1, 0.15) is 38.7 Å². The van der Waals surface area contributed by atoms with Gasteiger partial charge in [0.25, 0.3) is 0 Å². The lowest BCUT2D eigenvalue weighted by Crippen LogP contribution is -2.58. The second kappa shape index (κ2) is 5.93. The van der Waals surface area contributed by atoms with Crippen molar-refractivity contribution in [1.82, 2.24) is 4.90 Å². The van der Waals surface area contributed by atoms with Gasteiger partial charge in [0.2, 0.25) is 0 Å². The van der Waals surface area contributed by atoms with Gasteiger partial charge in [0.1, 0.15) is 5.75 Å². The molecule has 1 aliphatic heterocycles. The number of hydrogen-bond donors (Lipinski definition) is 2. The zero-order valence-corrected chi connectivity index (χ0v) is 12.1. The number of phenols is 1. The molecule has 1 unspecified atom stereocenters. The summed E-state index contributed by atoms with van der Waals surface area (Å²) in [6.45, 7) is 6.79. The van der Waals surface area contributed by atoms with Gasteiger partial charge in [-0.15, -0.1) is 0 Å². The minimum atomic E-state index is 0.00583. The molecule has 1 aromatic carbocycles. The van der Waals surface area contributed by atoms with Gasteiger partial charge in [-0.2, -0.15) is 0 Å². The van der Waals surface area contributed by atoms with E-state index in [1.807, 2.05) is 18.2 Å². The topological polar surface area (TPSA) is 49.5 Å². The van der Waals surface area contributed by atoms with Crippen molar-refractivity contribution < 1.29 is 5.11 Å². The summed E-state index contributed by atoms with van der Waals surface area (Å²) in [4.78, 5) is 2.52. The van der Waals surface area contributed by atoms with E-state index in [2.05, 4.69) is 18.7 Å². The molecule has 2 rings (SSSR count). The van der Waals surface area contributed by atoms with Gasteiger partial charge in [-0.05, 0) is 63.9 Å². The van der Waals surface area contributed by atoms with Crippen molar-refractivity contribution in [1.29, 1.82) is 0 Å². The predicted molar refractivity (Wildman–Crippen MR) is 79.3 cm³/mol. The van der Waals surface area contributed by atoms with Gasteiger partial charge in [-0.1, -0.05) is 18.6 Å². The zero-order valence-electron chi connectivity index (χ0n) is 12.1. The van der Waals surface area contributed by atoms with Crippen LogP contribution in [0.25, 0.3) is 0 Å². The van der Waals surface area contributed by atoms with Crippen molar-refractivity contribution in [3.05, 3.63) is 29.8 Å². The van der Waals surface area contributed by atoms with Gasteiger partial charge >= 0.3 is 0 Å². The quantitative estimate of drug-likeness (QED) is 0.876. The molecule has 19 heavy (non-hydrogen) atoms. The largest absolute Gasteiger partial charge is 0.508 e. The van der Waals surface area contributed by atoms with Crippen LogP contribution in [0.3, 0.4) is 0 Å². The van der Waals surface area contributed by atoms with Crippen LogP contribution in [0.4, 0.5) is 0 Å². The van der Waals surface area contributed by atoms with Gasteiger partial charge in [-0.25, -0.2) is 0 Å². The normalized spacial score (nSPS) is 19.3. The minimum Gasteiger partial charge on any atom is -0.508 e. The van der Waals surface area contributed by atoms with Gasteiger partial charge < -0.3 is 10.8 Å². The van der Waals surface area contributed by atoms with E-state index in [4.69, 9.17) is 5.73 Å². The highest BCUT2D eigenvalue weighted by Crippen LogP contribution is 2.25. The Morgan fingerprint density at radius 1 is 1.26 bits per heavy atom. The lowest BCUT2D eigenvalue weighted by Gasteiger charge is -2.44. The Hall–Kier alpha value is -1.06. The maximum absolute atomic E-state index is 9.53. The number of nitrogens with zero attached hydrogens (tertiary/aromatic N) is 1. The highest BCUT2D eigenvalue weighted by Gasteiger charge is 2.33. The van der Waals surface area contributed by atoms with Crippen LogP contribution in [0.5, 0.6) is 5.75 Å². The number of phenolic OH excluding ortho intramolecular Hbond substituents is 1. The van der Waals surface area contributed by atoms with Crippen LogP contribution in [0, 0.1) is 0 Å². The summed E-state index contributed by atoms with van der Waals surface area (Å²) in [5, 5.41) is 9.53. The number of hydrogen-bond acceptors (Lipinski definition) is 3. The maximum atomic E-state index is 9.53. The number of rotatable bonds is 4. The fraction of sp³-hybridized carbons (Fsp3) is 0.625. The van der Waals surface area contributed by atoms with Crippen LogP contribution < -0.4 is 5.73 Å². The van der Waals surface area contributed by atoms with Crippen LogP contribution in [0.2, 0.25) is 0 Å². The second-order valence-corrected chi connectivity index (χ2v) is 6.18. The molecular weight excluding hydrogens is 236 g/mol. The Labute approximate surface area is 116 Å². The molecule has 0 aliphatic carbocycles. The third kappa shape index (κ3) is 3.48. The third-order valence-electron chi connectivity index (χ3n) is 4.44. The lowest BCUT2D eigenvalue weighted by molar-refractivity contribution is 0.0731.